The van der Waals surface area contributed by atoms with Gasteiger partial charge in [0.1, 0.15) is 5.82 Å². The predicted octanol–water partition coefficient (Wildman–Crippen LogP) is 3.38. The summed E-state index contributed by atoms with van der Waals surface area (Å²) in [5.41, 5.74) is 3.61. The number of hydrogen-bond donors (Lipinski definition) is 0. The summed E-state index contributed by atoms with van der Waals surface area (Å²) in [4.78, 5) is 33.4. The zero-order valence-corrected chi connectivity index (χ0v) is 19.7. The van der Waals surface area contributed by atoms with Crippen molar-refractivity contribution < 1.29 is 0 Å². The Labute approximate surface area is 189 Å². The normalized spacial score (nSPS) is 15.0. The summed E-state index contributed by atoms with van der Waals surface area (Å²) < 4.78 is 1.84. The lowest BCUT2D eigenvalue weighted by Crippen LogP contribution is -2.44. The molecule has 170 valence electrons. The molecule has 4 rings (SSSR count). The third-order valence-electron chi connectivity index (χ3n) is 6.52. The van der Waals surface area contributed by atoms with E-state index in [1.165, 1.54) is 0 Å². The van der Waals surface area contributed by atoms with Crippen LogP contribution in [-0.2, 0) is 0 Å². The van der Waals surface area contributed by atoms with Crippen LogP contribution in [0.4, 0.5) is 17.5 Å². The van der Waals surface area contributed by atoms with Crippen LogP contribution in [0.3, 0.4) is 0 Å². The lowest BCUT2D eigenvalue weighted by atomic mass is 10.1. The standard InChI is InChI=1S/C24H33N7O/c1-6-18(7-2)31-20-16-26-24(27-23(20)17(3)14-22(31)32)29(5)21-9-8-19(15-25-21)30-12-10-28(4)11-13-30/h8-9,14-16,18H,6-7,10-13H2,1-5H3. The van der Waals surface area contributed by atoms with Gasteiger partial charge in [-0.1, -0.05) is 13.8 Å². The summed E-state index contributed by atoms with van der Waals surface area (Å²) in [5.74, 6) is 1.35. The van der Waals surface area contributed by atoms with Crippen LogP contribution in [0.15, 0.2) is 35.4 Å². The number of pyridine rings is 2. The smallest absolute Gasteiger partial charge is 0.251 e. The molecule has 8 heteroatoms. The minimum absolute atomic E-state index is 0.00886. The number of nitrogens with zero attached hydrogens (tertiary/aromatic N) is 7. The van der Waals surface area contributed by atoms with Crippen LogP contribution >= 0.6 is 0 Å². The molecule has 0 unspecified atom stereocenters. The van der Waals surface area contributed by atoms with Crippen LogP contribution in [-0.4, -0.2) is 64.7 Å². The highest BCUT2D eigenvalue weighted by Gasteiger charge is 2.18. The van der Waals surface area contributed by atoms with E-state index in [1.54, 1.807) is 12.3 Å². The number of anilines is 3. The second-order valence-corrected chi connectivity index (χ2v) is 8.63. The molecule has 1 saturated heterocycles. The number of fused-ring (bicyclic) bond motifs is 1. The summed E-state index contributed by atoms with van der Waals surface area (Å²) >= 11 is 0. The maximum Gasteiger partial charge on any atom is 0.251 e. The van der Waals surface area contributed by atoms with Crippen LogP contribution in [0, 0.1) is 6.92 Å². The largest absolute Gasteiger partial charge is 0.368 e. The predicted molar refractivity (Wildman–Crippen MR) is 130 cm³/mol. The minimum Gasteiger partial charge on any atom is -0.368 e. The quantitative estimate of drug-likeness (QED) is 0.588. The Morgan fingerprint density at radius 3 is 2.41 bits per heavy atom. The number of rotatable bonds is 6. The van der Waals surface area contributed by atoms with Crippen LogP contribution in [0.1, 0.15) is 38.3 Å². The van der Waals surface area contributed by atoms with Crippen LogP contribution in [0.5, 0.6) is 0 Å². The van der Waals surface area contributed by atoms with Crippen molar-refractivity contribution in [2.45, 2.75) is 39.7 Å². The Kier molecular flexibility index (Phi) is 6.41. The molecule has 3 aromatic rings. The van der Waals surface area contributed by atoms with Crippen molar-refractivity contribution >= 4 is 28.5 Å². The molecule has 0 spiro atoms. The van der Waals surface area contributed by atoms with Gasteiger partial charge in [-0.15, -0.1) is 0 Å². The van der Waals surface area contributed by atoms with Crippen molar-refractivity contribution in [3.05, 3.63) is 46.5 Å². The molecule has 1 aliphatic heterocycles. The first kappa shape index (κ1) is 22.2. The van der Waals surface area contributed by atoms with Gasteiger partial charge < -0.3 is 14.4 Å². The van der Waals surface area contributed by atoms with Crippen molar-refractivity contribution in [1.82, 2.24) is 24.4 Å². The molecule has 0 radical (unpaired) electrons. The number of likely N-dealkylation sites (N-methyl/N-ethyl adjacent to an activating group) is 1. The van der Waals surface area contributed by atoms with E-state index in [0.29, 0.717) is 5.95 Å². The van der Waals surface area contributed by atoms with Crippen molar-refractivity contribution in [1.29, 1.82) is 0 Å². The molecular formula is C24H33N7O. The van der Waals surface area contributed by atoms with E-state index in [1.807, 2.05) is 35.7 Å². The highest BCUT2D eigenvalue weighted by molar-refractivity contribution is 5.79. The van der Waals surface area contributed by atoms with E-state index >= 15 is 0 Å². The number of aromatic nitrogens is 4. The average Bonchev–Trinajstić information content (AvgIpc) is 2.81. The van der Waals surface area contributed by atoms with Gasteiger partial charge in [0, 0.05) is 45.3 Å². The summed E-state index contributed by atoms with van der Waals surface area (Å²) in [6.45, 7) is 10.3. The average molecular weight is 436 g/mol. The van der Waals surface area contributed by atoms with Gasteiger partial charge >= 0.3 is 0 Å². The van der Waals surface area contributed by atoms with Crippen molar-refractivity contribution in [3.8, 4) is 0 Å². The maximum absolute atomic E-state index is 12.7. The van der Waals surface area contributed by atoms with Crippen LogP contribution in [0.25, 0.3) is 11.0 Å². The molecule has 1 aliphatic rings. The van der Waals surface area contributed by atoms with Crippen molar-refractivity contribution in [2.24, 2.45) is 0 Å². The monoisotopic (exact) mass is 435 g/mol. The highest BCUT2D eigenvalue weighted by atomic mass is 16.1. The topological polar surface area (TPSA) is 70.4 Å². The third-order valence-corrected chi connectivity index (χ3v) is 6.52. The molecule has 0 saturated carbocycles. The van der Waals surface area contributed by atoms with E-state index in [-0.39, 0.29) is 11.6 Å². The second kappa shape index (κ2) is 9.24. The molecule has 0 amide bonds. The molecule has 0 atom stereocenters. The fraction of sp³-hybridized carbons (Fsp3) is 0.500. The lowest BCUT2D eigenvalue weighted by molar-refractivity contribution is 0.313. The van der Waals surface area contributed by atoms with Gasteiger partial charge in [0.05, 0.1) is 29.1 Å². The molecular weight excluding hydrogens is 402 g/mol. The SMILES string of the molecule is CCC(CC)n1c(=O)cc(C)c2nc(N(C)c3ccc(N4CCN(C)CC4)cn3)ncc21. The second-order valence-electron chi connectivity index (χ2n) is 8.63. The van der Waals surface area contributed by atoms with E-state index in [9.17, 15) is 4.79 Å². The Hall–Kier alpha value is -3.00. The summed E-state index contributed by atoms with van der Waals surface area (Å²) in [6, 6.07) is 5.95. The maximum atomic E-state index is 12.7. The molecule has 0 aliphatic carbocycles. The number of hydrogen-bond acceptors (Lipinski definition) is 7. The molecule has 3 aromatic heterocycles. The van der Waals surface area contributed by atoms with Gasteiger partial charge in [-0.2, -0.15) is 0 Å². The molecule has 1 fully saturated rings. The lowest BCUT2D eigenvalue weighted by Gasteiger charge is -2.33. The molecule has 0 N–H and O–H groups in total. The van der Waals surface area contributed by atoms with E-state index in [4.69, 9.17) is 4.98 Å². The van der Waals surface area contributed by atoms with Gasteiger partial charge in [0.2, 0.25) is 5.95 Å². The molecule has 8 nitrogen and oxygen atoms in total. The van der Waals surface area contributed by atoms with E-state index in [2.05, 4.69) is 46.7 Å². The first-order valence-corrected chi connectivity index (χ1v) is 11.4. The van der Waals surface area contributed by atoms with Gasteiger partial charge in [-0.05, 0) is 44.5 Å². The summed E-state index contributed by atoms with van der Waals surface area (Å²) in [7, 11) is 4.08. The van der Waals surface area contributed by atoms with Crippen LogP contribution < -0.4 is 15.4 Å². The zero-order valence-electron chi connectivity index (χ0n) is 19.7. The molecule has 0 bridgehead atoms. The zero-order chi connectivity index (χ0) is 22.8. The molecule has 4 heterocycles. The van der Waals surface area contributed by atoms with Crippen molar-refractivity contribution in [3.63, 3.8) is 0 Å². The first-order chi connectivity index (χ1) is 15.4. The van der Waals surface area contributed by atoms with Crippen LogP contribution in [0.2, 0.25) is 0 Å². The number of piperazine rings is 1. The first-order valence-electron chi connectivity index (χ1n) is 11.4. The summed E-state index contributed by atoms with van der Waals surface area (Å²) in [5, 5.41) is 0. The molecule has 32 heavy (non-hydrogen) atoms. The number of aryl methyl sites for hydroxylation is 1. The third kappa shape index (κ3) is 4.19. The summed E-state index contributed by atoms with van der Waals surface area (Å²) in [6.07, 6.45) is 5.48. The minimum atomic E-state index is 0.00886. The van der Waals surface area contributed by atoms with Gasteiger partial charge in [-0.3, -0.25) is 9.69 Å². The Balaban J connectivity index is 1.64. The van der Waals surface area contributed by atoms with Crippen molar-refractivity contribution in [2.75, 3.05) is 50.1 Å². The van der Waals surface area contributed by atoms with Gasteiger partial charge in [0.15, 0.2) is 0 Å². The fourth-order valence-corrected chi connectivity index (χ4v) is 4.40. The van der Waals surface area contributed by atoms with E-state index in [0.717, 1.165) is 67.1 Å². The van der Waals surface area contributed by atoms with Gasteiger partial charge in [-0.25, -0.2) is 15.0 Å². The van der Waals surface area contributed by atoms with E-state index < -0.39 is 0 Å². The van der Waals surface area contributed by atoms with Gasteiger partial charge in [0.25, 0.3) is 5.56 Å². The Morgan fingerprint density at radius 1 is 1.06 bits per heavy atom. The highest BCUT2D eigenvalue weighted by Crippen LogP contribution is 2.26. The Morgan fingerprint density at radius 2 is 1.78 bits per heavy atom. The Bertz CT molecular complexity index is 1130. The molecule has 0 aromatic carbocycles. The fourth-order valence-electron chi connectivity index (χ4n) is 4.40.